The van der Waals surface area contributed by atoms with Crippen LogP contribution in [0.5, 0.6) is 0 Å². The molecule has 4 heterocycles. The Balaban J connectivity index is 1.59. The van der Waals surface area contributed by atoms with E-state index in [1.165, 1.54) is 23.2 Å². The maximum absolute atomic E-state index is 12.6. The van der Waals surface area contributed by atoms with Crippen LogP contribution >= 0.6 is 0 Å². The number of anilines is 3. The average molecular weight is 430 g/mol. The van der Waals surface area contributed by atoms with Crippen molar-refractivity contribution in [2.45, 2.75) is 31.9 Å². The van der Waals surface area contributed by atoms with E-state index in [2.05, 4.69) is 36.8 Å². The Bertz CT molecular complexity index is 1080. The topological polar surface area (TPSA) is 95.0 Å². The second-order valence-electron chi connectivity index (χ2n) is 7.47. The van der Waals surface area contributed by atoms with Crippen LogP contribution in [0.4, 0.5) is 26.2 Å². The molecule has 2 N–H and O–H groups in total. The van der Waals surface area contributed by atoms with E-state index in [-0.39, 0.29) is 11.9 Å². The first-order valence-electron chi connectivity index (χ1n) is 10.0. The number of rotatable bonds is 7. The number of carbonyl (C=O) groups excluding carboxylic acids is 1. The van der Waals surface area contributed by atoms with Gasteiger partial charge in [0.25, 0.3) is 6.43 Å². The number of nitrogens with zero attached hydrogens (tertiary/aromatic N) is 6. The van der Waals surface area contributed by atoms with E-state index >= 15 is 0 Å². The molecule has 1 atom stereocenters. The van der Waals surface area contributed by atoms with Gasteiger partial charge in [0.15, 0.2) is 0 Å². The van der Waals surface area contributed by atoms with Gasteiger partial charge in [0.2, 0.25) is 11.9 Å². The van der Waals surface area contributed by atoms with Crippen LogP contribution in [0.25, 0.3) is 11.0 Å². The van der Waals surface area contributed by atoms with Crippen LogP contribution < -0.4 is 10.2 Å². The molecule has 1 saturated heterocycles. The third kappa shape index (κ3) is 4.49. The summed E-state index contributed by atoms with van der Waals surface area (Å²) in [4.78, 5) is 28.2. The van der Waals surface area contributed by atoms with Crippen molar-refractivity contribution < 1.29 is 13.6 Å². The molecule has 1 amide bonds. The highest BCUT2D eigenvalue weighted by Crippen LogP contribution is 2.28. The Morgan fingerprint density at radius 3 is 3.10 bits per heavy atom. The molecule has 9 nitrogen and oxygen atoms in total. The molecule has 1 aliphatic heterocycles. The van der Waals surface area contributed by atoms with Gasteiger partial charge in [-0.05, 0) is 25.0 Å². The first-order valence-corrected chi connectivity index (χ1v) is 10.0. The lowest BCUT2D eigenvalue weighted by molar-refractivity contribution is -0.127. The molecule has 0 bridgehead atoms. The van der Waals surface area contributed by atoms with Crippen LogP contribution in [0.3, 0.4) is 0 Å². The number of alkyl halides is 2. The summed E-state index contributed by atoms with van der Waals surface area (Å²) in [6.07, 6.45) is 5.40. The largest absolute Gasteiger partial charge is 0.354 e. The molecule has 4 rings (SSSR count). The van der Waals surface area contributed by atoms with Crippen molar-refractivity contribution in [1.82, 2.24) is 29.6 Å². The van der Waals surface area contributed by atoms with Gasteiger partial charge in [-0.2, -0.15) is 15.1 Å². The lowest BCUT2D eigenvalue weighted by Gasteiger charge is -2.38. The van der Waals surface area contributed by atoms with Crippen molar-refractivity contribution >= 4 is 34.4 Å². The predicted octanol–water partition coefficient (Wildman–Crippen LogP) is 2.78. The Kier molecular flexibility index (Phi) is 5.83. The average Bonchev–Trinajstić information content (AvgIpc) is 3.41. The van der Waals surface area contributed by atoms with E-state index in [0.717, 1.165) is 18.2 Å². The van der Waals surface area contributed by atoms with Crippen LogP contribution in [0, 0.1) is 0 Å². The molecule has 3 aromatic heterocycles. The van der Waals surface area contributed by atoms with Gasteiger partial charge < -0.3 is 20.1 Å². The predicted molar refractivity (Wildman–Crippen MR) is 114 cm³/mol. The molecule has 0 aliphatic carbocycles. The normalized spacial score (nSPS) is 16.6. The Morgan fingerprint density at radius 2 is 2.32 bits per heavy atom. The van der Waals surface area contributed by atoms with Crippen molar-refractivity contribution in [3.8, 4) is 0 Å². The fourth-order valence-electron chi connectivity index (χ4n) is 3.82. The van der Waals surface area contributed by atoms with Crippen LogP contribution in [-0.2, 0) is 11.3 Å². The minimum Gasteiger partial charge on any atom is -0.354 e. The molecule has 1 aliphatic rings. The van der Waals surface area contributed by atoms with Crippen LogP contribution in [0.15, 0.2) is 37.3 Å². The second-order valence-corrected chi connectivity index (χ2v) is 7.47. The van der Waals surface area contributed by atoms with Crippen molar-refractivity contribution in [2.75, 3.05) is 30.4 Å². The Hall–Kier alpha value is -3.50. The van der Waals surface area contributed by atoms with Crippen LogP contribution in [0.2, 0.25) is 0 Å². The number of aromatic amines is 1. The first kappa shape index (κ1) is 20.8. The maximum Gasteiger partial charge on any atom is 0.257 e. The number of halogens is 2. The van der Waals surface area contributed by atoms with E-state index in [1.807, 2.05) is 13.1 Å². The molecule has 11 heteroatoms. The van der Waals surface area contributed by atoms with Crippen LogP contribution in [0.1, 0.15) is 12.8 Å². The molecular formula is C20H24F2N8O. The zero-order valence-electron chi connectivity index (χ0n) is 17.1. The second kappa shape index (κ2) is 8.70. The highest BCUT2D eigenvalue weighted by molar-refractivity contribution is 5.89. The standard InChI is InChI=1S/C20H24F2N8O/c1-3-17(31)29-8-4-5-14(11-29)28(2)19-15-6-7-23-18(15)26-20(27-19)25-13-9-24-30(10-13)12-16(21)22/h3,6-7,9-10,14,16H,1,4-5,8,11-12H2,2H3,(H2,23,25,26,27)/t14-/m1/s1. The van der Waals surface area contributed by atoms with Gasteiger partial charge in [-0.15, -0.1) is 0 Å². The van der Waals surface area contributed by atoms with E-state index < -0.39 is 13.0 Å². The fraction of sp³-hybridized carbons (Fsp3) is 0.400. The molecule has 164 valence electrons. The number of carbonyl (C=O) groups is 1. The van der Waals surface area contributed by atoms with Crippen molar-refractivity contribution in [2.24, 2.45) is 0 Å². The number of piperidine rings is 1. The number of hydrogen-bond acceptors (Lipinski definition) is 6. The third-order valence-corrected chi connectivity index (χ3v) is 5.37. The number of hydrogen-bond donors (Lipinski definition) is 2. The number of likely N-dealkylation sites (N-methyl/N-ethyl adjacent to an activating group) is 1. The molecular weight excluding hydrogens is 406 g/mol. The van der Waals surface area contributed by atoms with E-state index in [9.17, 15) is 13.6 Å². The Morgan fingerprint density at radius 1 is 1.48 bits per heavy atom. The summed E-state index contributed by atoms with van der Waals surface area (Å²) in [6.45, 7) is 4.40. The SMILES string of the molecule is C=CC(=O)N1CCC[C@@H](N(C)c2nc(Nc3cnn(CC(F)F)c3)nc3[nH]ccc23)C1. The van der Waals surface area contributed by atoms with E-state index in [0.29, 0.717) is 36.2 Å². The molecule has 0 spiro atoms. The number of amides is 1. The fourth-order valence-corrected chi connectivity index (χ4v) is 3.82. The van der Waals surface area contributed by atoms with Gasteiger partial charge >= 0.3 is 0 Å². The molecule has 0 aromatic carbocycles. The lowest BCUT2D eigenvalue weighted by atomic mass is 10.0. The zero-order chi connectivity index (χ0) is 22.0. The molecule has 3 aromatic rings. The monoisotopic (exact) mass is 430 g/mol. The number of fused-ring (bicyclic) bond motifs is 1. The summed E-state index contributed by atoms with van der Waals surface area (Å²) >= 11 is 0. The molecule has 0 radical (unpaired) electrons. The zero-order valence-corrected chi connectivity index (χ0v) is 17.1. The minimum absolute atomic E-state index is 0.0734. The van der Waals surface area contributed by atoms with E-state index in [4.69, 9.17) is 0 Å². The quantitative estimate of drug-likeness (QED) is 0.560. The molecule has 0 saturated carbocycles. The minimum atomic E-state index is -2.48. The molecule has 1 fully saturated rings. The summed E-state index contributed by atoms with van der Waals surface area (Å²) < 4.78 is 26.3. The van der Waals surface area contributed by atoms with Crippen LogP contribution in [-0.4, -0.2) is 68.1 Å². The van der Waals surface area contributed by atoms with Gasteiger partial charge in [0.1, 0.15) is 18.0 Å². The smallest absolute Gasteiger partial charge is 0.257 e. The summed E-state index contributed by atoms with van der Waals surface area (Å²) in [5.41, 5.74) is 1.16. The third-order valence-electron chi connectivity index (χ3n) is 5.37. The van der Waals surface area contributed by atoms with Gasteiger partial charge in [-0.25, -0.2) is 8.78 Å². The first-order chi connectivity index (χ1) is 14.9. The number of likely N-dealkylation sites (tertiary alicyclic amines) is 1. The highest BCUT2D eigenvalue weighted by atomic mass is 19.3. The van der Waals surface area contributed by atoms with Crippen molar-refractivity contribution in [3.63, 3.8) is 0 Å². The van der Waals surface area contributed by atoms with Gasteiger partial charge in [-0.3, -0.25) is 9.48 Å². The number of H-pyrrole nitrogens is 1. The van der Waals surface area contributed by atoms with Gasteiger partial charge in [-0.1, -0.05) is 6.58 Å². The number of nitrogens with one attached hydrogen (secondary N) is 2. The van der Waals surface area contributed by atoms with Gasteiger partial charge in [0.05, 0.1) is 17.3 Å². The Labute approximate surface area is 177 Å². The van der Waals surface area contributed by atoms with Crippen molar-refractivity contribution in [3.05, 3.63) is 37.3 Å². The summed E-state index contributed by atoms with van der Waals surface area (Å²) in [7, 11) is 1.95. The lowest BCUT2D eigenvalue weighted by Crippen LogP contribution is -2.48. The van der Waals surface area contributed by atoms with Gasteiger partial charge in [0, 0.05) is 38.6 Å². The summed E-state index contributed by atoms with van der Waals surface area (Å²) in [5, 5.41) is 7.82. The van der Waals surface area contributed by atoms with E-state index in [1.54, 1.807) is 11.1 Å². The highest BCUT2D eigenvalue weighted by Gasteiger charge is 2.27. The summed E-state index contributed by atoms with van der Waals surface area (Å²) in [6, 6.07) is 1.99. The van der Waals surface area contributed by atoms with Crippen molar-refractivity contribution in [1.29, 1.82) is 0 Å². The summed E-state index contributed by atoms with van der Waals surface area (Å²) in [5.74, 6) is 0.964. The number of aromatic nitrogens is 5. The molecule has 0 unspecified atom stereocenters. The maximum atomic E-state index is 12.6. The molecule has 31 heavy (non-hydrogen) atoms.